The first kappa shape index (κ1) is 17.7. The van der Waals surface area contributed by atoms with Gasteiger partial charge in [-0.25, -0.2) is 4.79 Å². The van der Waals surface area contributed by atoms with Gasteiger partial charge in [0.1, 0.15) is 5.60 Å². The molecule has 0 spiro atoms. The summed E-state index contributed by atoms with van der Waals surface area (Å²) in [5.41, 5.74) is 0.558. The third kappa shape index (κ3) is 4.43. The third-order valence-corrected chi connectivity index (χ3v) is 4.40. The summed E-state index contributed by atoms with van der Waals surface area (Å²) in [6.45, 7) is 11.4. The Bertz CT molecular complexity index is 537. The highest BCUT2D eigenvalue weighted by Crippen LogP contribution is 2.25. The van der Waals surface area contributed by atoms with Gasteiger partial charge >= 0.3 is 6.09 Å². The molecule has 2 heterocycles. The van der Waals surface area contributed by atoms with Crippen molar-refractivity contribution in [1.29, 1.82) is 0 Å². The van der Waals surface area contributed by atoms with Gasteiger partial charge in [0.25, 0.3) is 0 Å². The smallest absolute Gasteiger partial charge is 0.410 e. The zero-order valence-corrected chi connectivity index (χ0v) is 15.0. The Hall–Kier alpha value is -1.63. The van der Waals surface area contributed by atoms with Crippen molar-refractivity contribution >= 4 is 6.09 Å². The fourth-order valence-corrected chi connectivity index (χ4v) is 3.04. The van der Waals surface area contributed by atoms with Crippen molar-refractivity contribution in [3.05, 3.63) is 11.9 Å². The molecule has 7 heteroatoms. The number of aromatic nitrogens is 3. The van der Waals surface area contributed by atoms with E-state index in [1.807, 2.05) is 32.7 Å². The van der Waals surface area contributed by atoms with E-state index in [9.17, 15) is 4.79 Å². The van der Waals surface area contributed by atoms with Gasteiger partial charge in [-0.3, -0.25) is 4.68 Å². The van der Waals surface area contributed by atoms with Crippen LogP contribution in [0.2, 0.25) is 0 Å². The molecule has 1 aliphatic rings. The van der Waals surface area contributed by atoms with E-state index in [1.165, 1.54) is 0 Å². The van der Waals surface area contributed by atoms with E-state index < -0.39 is 5.60 Å². The van der Waals surface area contributed by atoms with Crippen LogP contribution in [0.1, 0.15) is 46.7 Å². The maximum atomic E-state index is 12.4. The average Bonchev–Trinajstić information content (AvgIpc) is 2.82. The van der Waals surface area contributed by atoms with Crippen molar-refractivity contribution in [2.24, 2.45) is 13.0 Å². The number of hydrogen-bond donors (Lipinski definition) is 1. The number of nitrogens with zero attached hydrogens (tertiary/aromatic N) is 4. The molecule has 1 aliphatic heterocycles. The van der Waals surface area contributed by atoms with E-state index in [0.29, 0.717) is 12.5 Å². The van der Waals surface area contributed by atoms with E-state index in [2.05, 4.69) is 29.5 Å². The number of nitrogens with one attached hydrogen (secondary N) is 1. The molecular weight excluding hydrogens is 294 g/mol. The van der Waals surface area contributed by atoms with Gasteiger partial charge < -0.3 is 15.0 Å². The summed E-state index contributed by atoms with van der Waals surface area (Å²) in [4.78, 5) is 14.3. The molecule has 0 saturated carbocycles. The molecule has 3 atom stereocenters. The molecule has 1 aromatic heterocycles. The number of likely N-dealkylation sites (tertiary alicyclic amines) is 1. The number of aryl methyl sites for hydroxylation is 1. The standard InChI is InChI=1S/C16H29N5O2/c1-11-7-8-21(15(22)23-16(3,4)5)12(2)14(11)17-9-13-10-18-19-20(13)6/h10-12,14,17H,7-9H2,1-6H3. The van der Waals surface area contributed by atoms with E-state index in [1.54, 1.807) is 10.9 Å². The van der Waals surface area contributed by atoms with E-state index >= 15 is 0 Å². The molecular formula is C16H29N5O2. The van der Waals surface area contributed by atoms with Crippen LogP contribution in [-0.2, 0) is 18.3 Å². The fraction of sp³-hybridized carbons (Fsp3) is 0.812. The lowest BCUT2D eigenvalue weighted by Crippen LogP contribution is -2.58. The molecule has 130 valence electrons. The molecule has 0 aromatic carbocycles. The van der Waals surface area contributed by atoms with Crippen molar-refractivity contribution in [3.8, 4) is 0 Å². The van der Waals surface area contributed by atoms with Crippen LogP contribution < -0.4 is 5.32 Å². The van der Waals surface area contributed by atoms with E-state index in [4.69, 9.17) is 4.74 Å². The van der Waals surface area contributed by atoms with Crippen LogP contribution in [0.3, 0.4) is 0 Å². The second-order valence-corrected chi connectivity index (χ2v) is 7.44. The van der Waals surface area contributed by atoms with Gasteiger partial charge in [-0.2, -0.15) is 0 Å². The molecule has 23 heavy (non-hydrogen) atoms. The lowest BCUT2D eigenvalue weighted by Gasteiger charge is -2.43. The van der Waals surface area contributed by atoms with Crippen LogP contribution in [0.15, 0.2) is 6.20 Å². The Kier molecular flexibility index (Phi) is 5.29. The quantitative estimate of drug-likeness (QED) is 0.920. The second-order valence-electron chi connectivity index (χ2n) is 7.44. The van der Waals surface area contributed by atoms with Crippen molar-refractivity contribution < 1.29 is 9.53 Å². The summed E-state index contributed by atoms with van der Waals surface area (Å²) in [6, 6.07) is 0.293. The molecule has 2 rings (SSSR count). The van der Waals surface area contributed by atoms with Crippen LogP contribution in [0.4, 0.5) is 4.79 Å². The summed E-state index contributed by atoms with van der Waals surface area (Å²) in [6.07, 6.45) is 2.49. The third-order valence-electron chi connectivity index (χ3n) is 4.40. The van der Waals surface area contributed by atoms with Crippen LogP contribution in [0.25, 0.3) is 0 Å². The molecule has 7 nitrogen and oxygen atoms in total. The van der Waals surface area contributed by atoms with Gasteiger partial charge in [0, 0.05) is 32.2 Å². The van der Waals surface area contributed by atoms with Crippen LogP contribution in [0.5, 0.6) is 0 Å². The van der Waals surface area contributed by atoms with Crippen molar-refractivity contribution in [2.75, 3.05) is 6.54 Å². The number of carbonyl (C=O) groups is 1. The first-order valence-corrected chi connectivity index (χ1v) is 8.25. The summed E-state index contributed by atoms with van der Waals surface area (Å²) in [5, 5.41) is 11.4. The molecule has 1 saturated heterocycles. The Morgan fingerprint density at radius 3 is 2.70 bits per heavy atom. The van der Waals surface area contributed by atoms with E-state index in [0.717, 1.165) is 18.7 Å². The molecule has 1 amide bonds. The highest BCUT2D eigenvalue weighted by Gasteiger charge is 2.37. The molecule has 1 aromatic rings. The Labute approximate surface area is 138 Å². The van der Waals surface area contributed by atoms with Gasteiger partial charge in [-0.15, -0.1) is 5.10 Å². The number of hydrogen-bond acceptors (Lipinski definition) is 5. The van der Waals surface area contributed by atoms with Gasteiger partial charge in [-0.05, 0) is 40.0 Å². The minimum Gasteiger partial charge on any atom is -0.444 e. The second kappa shape index (κ2) is 6.86. The maximum Gasteiger partial charge on any atom is 0.410 e. The minimum atomic E-state index is -0.469. The molecule has 1 N–H and O–H groups in total. The first-order chi connectivity index (χ1) is 10.7. The van der Waals surface area contributed by atoms with Gasteiger partial charge in [0.15, 0.2) is 0 Å². The Balaban J connectivity index is 2.01. The number of piperidine rings is 1. The van der Waals surface area contributed by atoms with E-state index in [-0.39, 0.29) is 18.2 Å². The van der Waals surface area contributed by atoms with Crippen LogP contribution >= 0.6 is 0 Å². The van der Waals surface area contributed by atoms with Crippen LogP contribution in [0, 0.1) is 5.92 Å². The topological polar surface area (TPSA) is 72.3 Å². The van der Waals surface area contributed by atoms with Crippen molar-refractivity contribution in [1.82, 2.24) is 25.2 Å². The van der Waals surface area contributed by atoms with Crippen LogP contribution in [-0.4, -0.2) is 50.2 Å². The molecule has 3 unspecified atom stereocenters. The van der Waals surface area contributed by atoms with Crippen molar-refractivity contribution in [3.63, 3.8) is 0 Å². The highest BCUT2D eigenvalue weighted by atomic mass is 16.6. The highest BCUT2D eigenvalue weighted by molar-refractivity contribution is 5.68. The molecule has 1 fully saturated rings. The predicted octanol–water partition coefficient (Wildman–Crippen LogP) is 1.94. The summed E-state index contributed by atoms with van der Waals surface area (Å²) in [7, 11) is 1.88. The molecule has 0 aliphatic carbocycles. The largest absolute Gasteiger partial charge is 0.444 e. The van der Waals surface area contributed by atoms with Crippen molar-refractivity contribution in [2.45, 2.75) is 65.3 Å². The number of ether oxygens (including phenoxy) is 1. The Morgan fingerprint density at radius 2 is 2.13 bits per heavy atom. The van der Waals surface area contributed by atoms with Gasteiger partial charge in [0.2, 0.25) is 0 Å². The number of rotatable bonds is 3. The monoisotopic (exact) mass is 323 g/mol. The number of carbonyl (C=O) groups excluding carboxylic acids is 1. The molecule has 0 bridgehead atoms. The normalized spacial score (nSPS) is 25.5. The lowest BCUT2D eigenvalue weighted by molar-refractivity contribution is 0.000623. The zero-order valence-electron chi connectivity index (χ0n) is 15.0. The Morgan fingerprint density at radius 1 is 1.43 bits per heavy atom. The maximum absolute atomic E-state index is 12.4. The summed E-state index contributed by atoms with van der Waals surface area (Å²) in [5.74, 6) is 0.491. The van der Waals surface area contributed by atoms with Gasteiger partial charge in [0.05, 0.1) is 11.9 Å². The average molecular weight is 323 g/mol. The minimum absolute atomic E-state index is 0.0785. The predicted molar refractivity (Wildman–Crippen MR) is 87.8 cm³/mol. The van der Waals surface area contributed by atoms with Gasteiger partial charge in [-0.1, -0.05) is 12.1 Å². The zero-order chi connectivity index (χ0) is 17.2. The lowest BCUT2D eigenvalue weighted by atomic mass is 9.87. The first-order valence-electron chi connectivity index (χ1n) is 8.25. The summed E-state index contributed by atoms with van der Waals surface area (Å²) < 4.78 is 7.30. The summed E-state index contributed by atoms with van der Waals surface area (Å²) >= 11 is 0. The SMILES string of the molecule is CC1CCN(C(=O)OC(C)(C)C)C(C)C1NCc1cnnn1C. The fourth-order valence-electron chi connectivity index (χ4n) is 3.04. The molecule has 0 radical (unpaired) electrons. The number of amides is 1.